The Bertz CT molecular complexity index is 318. The Kier molecular flexibility index (Phi) is 10.6. The van der Waals surface area contributed by atoms with E-state index in [9.17, 15) is 9.59 Å². The number of allylic oxidation sites excluding steroid dienone is 1. The molecule has 0 atom stereocenters. The number of hydrogen-bond donors (Lipinski definition) is 1. The lowest BCUT2D eigenvalue weighted by Gasteiger charge is -2.02. The van der Waals surface area contributed by atoms with Gasteiger partial charge in [0.1, 0.15) is 6.61 Å². The fourth-order valence-corrected chi connectivity index (χ4v) is 1.53. The number of hydrogen-bond acceptors (Lipinski definition) is 3. The van der Waals surface area contributed by atoms with Crippen LogP contribution in [0, 0.1) is 0 Å². The maximum absolute atomic E-state index is 11.3. The molecule has 0 bridgehead atoms. The number of unbranched alkanes of at least 4 members (excludes halogenated alkanes) is 5. The van der Waals surface area contributed by atoms with E-state index in [1.807, 2.05) is 6.08 Å². The van der Waals surface area contributed by atoms with Crippen molar-refractivity contribution < 1.29 is 19.4 Å². The van der Waals surface area contributed by atoms with Gasteiger partial charge in [0.15, 0.2) is 0 Å². The van der Waals surface area contributed by atoms with E-state index >= 15 is 0 Å². The lowest BCUT2D eigenvalue weighted by atomic mass is 10.1. The quantitative estimate of drug-likeness (QED) is 0.270. The summed E-state index contributed by atoms with van der Waals surface area (Å²) in [7, 11) is 0. The summed E-state index contributed by atoms with van der Waals surface area (Å²) in [5, 5.41) is 8.48. The van der Waals surface area contributed by atoms with Gasteiger partial charge in [-0.05, 0) is 12.8 Å². The third kappa shape index (κ3) is 11.3. The minimum Gasteiger partial charge on any atom is -0.481 e. The van der Waals surface area contributed by atoms with Gasteiger partial charge in [-0.25, -0.2) is 4.79 Å². The van der Waals surface area contributed by atoms with Crippen molar-refractivity contribution >= 4 is 11.9 Å². The van der Waals surface area contributed by atoms with Crippen molar-refractivity contribution in [3.8, 4) is 0 Å². The highest BCUT2D eigenvalue weighted by atomic mass is 16.5. The fourth-order valence-electron chi connectivity index (χ4n) is 1.53. The summed E-state index contributed by atoms with van der Waals surface area (Å²) in [6.45, 7) is 5.73. The summed E-state index contributed by atoms with van der Waals surface area (Å²) in [6.07, 6.45) is 10.6. The molecule has 0 fully saturated rings. The largest absolute Gasteiger partial charge is 0.481 e. The monoisotopic (exact) mass is 268 g/mol. The highest BCUT2D eigenvalue weighted by Crippen LogP contribution is 2.05. The van der Waals surface area contributed by atoms with E-state index in [1.165, 1.54) is 25.7 Å². The van der Waals surface area contributed by atoms with Crippen molar-refractivity contribution in [3.63, 3.8) is 0 Å². The van der Waals surface area contributed by atoms with Crippen LogP contribution in [-0.2, 0) is 14.3 Å². The number of carbonyl (C=O) groups is 2. The molecule has 0 aliphatic rings. The van der Waals surface area contributed by atoms with Crippen molar-refractivity contribution in [2.75, 3.05) is 6.61 Å². The van der Waals surface area contributed by atoms with Crippen molar-refractivity contribution in [2.24, 2.45) is 0 Å². The summed E-state index contributed by atoms with van der Waals surface area (Å²) >= 11 is 0. The van der Waals surface area contributed by atoms with Crippen molar-refractivity contribution in [2.45, 2.75) is 51.9 Å². The summed E-state index contributed by atoms with van der Waals surface area (Å²) in [4.78, 5) is 21.6. The van der Waals surface area contributed by atoms with Crippen LogP contribution in [0.2, 0.25) is 0 Å². The van der Waals surface area contributed by atoms with E-state index < -0.39 is 11.9 Å². The minimum absolute atomic E-state index is 0.0273. The van der Waals surface area contributed by atoms with Crippen LogP contribution in [0.4, 0.5) is 0 Å². The number of carboxylic acid groups (broad SMARTS) is 1. The SMILES string of the molecule is C=C(CC(=O)O)C(=O)OCC=CCCCCCCC. The van der Waals surface area contributed by atoms with E-state index in [0.29, 0.717) is 0 Å². The smallest absolute Gasteiger partial charge is 0.334 e. The molecule has 0 aromatic rings. The molecular weight excluding hydrogens is 244 g/mol. The van der Waals surface area contributed by atoms with E-state index in [-0.39, 0.29) is 18.6 Å². The van der Waals surface area contributed by atoms with Gasteiger partial charge in [-0.1, -0.05) is 51.3 Å². The number of rotatable bonds is 11. The van der Waals surface area contributed by atoms with Gasteiger partial charge in [0.2, 0.25) is 0 Å². The van der Waals surface area contributed by atoms with Crippen molar-refractivity contribution in [1.82, 2.24) is 0 Å². The molecule has 0 aromatic carbocycles. The van der Waals surface area contributed by atoms with E-state index in [0.717, 1.165) is 12.8 Å². The summed E-state index contributed by atoms with van der Waals surface area (Å²) in [6, 6.07) is 0. The maximum atomic E-state index is 11.3. The summed E-state index contributed by atoms with van der Waals surface area (Å²) in [5.74, 6) is -1.72. The van der Waals surface area contributed by atoms with Gasteiger partial charge in [0, 0.05) is 5.57 Å². The molecule has 0 unspecified atom stereocenters. The molecule has 0 rings (SSSR count). The summed E-state index contributed by atoms with van der Waals surface area (Å²) in [5.41, 5.74) is -0.0273. The van der Waals surface area contributed by atoms with Crippen molar-refractivity contribution in [3.05, 3.63) is 24.3 Å². The third-order valence-electron chi connectivity index (χ3n) is 2.60. The average Bonchev–Trinajstić information content (AvgIpc) is 2.35. The third-order valence-corrected chi connectivity index (χ3v) is 2.60. The number of ether oxygens (including phenoxy) is 1. The van der Waals surface area contributed by atoms with Crippen LogP contribution >= 0.6 is 0 Å². The number of carboxylic acids is 1. The molecule has 4 heteroatoms. The Morgan fingerprint density at radius 3 is 2.47 bits per heavy atom. The van der Waals surface area contributed by atoms with Gasteiger partial charge >= 0.3 is 11.9 Å². The zero-order valence-corrected chi connectivity index (χ0v) is 11.7. The molecule has 0 saturated carbocycles. The molecule has 0 aromatic heterocycles. The molecule has 0 spiro atoms. The maximum Gasteiger partial charge on any atom is 0.334 e. The van der Waals surface area contributed by atoms with E-state index in [2.05, 4.69) is 13.5 Å². The Balaban J connectivity index is 3.54. The standard InChI is InChI=1S/C15H24O4/c1-3-4-5-6-7-8-9-10-11-19-15(18)13(2)12-14(16)17/h9-10H,2-8,11-12H2,1H3,(H,16,17). The highest BCUT2D eigenvalue weighted by molar-refractivity contribution is 5.92. The predicted octanol–water partition coefficient (Wildman–Crippen LogP) is 3.48. The number of esters is 1. The lowest BCUT2D eigenvalue weighted by molar-refractivity contribution is -0.142. The molecule has 0 radical (unpaired) electrons. The van der Waals surface area contributed by atoms with Crippen LogP contribution in [0.3, 0.4) is 0 Å². The van der Waals surface area contributed by atoms with Gasteiger partial charge < -0.3 is 9.84 Å². The van der Waals surface area contributed by atoms with Gasteiger partial charge in [-0.3, -0.25) is 4.79 Å². The first-order valence-electron chi connectivity index (χ1n) is 6.79. The second kappa shape index (κ2) is 11.5. The topological polar surface area (TPSA) is 63.6 Å². The number of aliphatic carboxylic acids is 1. The average molecular weight is 268 g/mol. The molecule has 19 heavy (non-hydrogen) atoms. The molecule has 4 nitrogen and oxygen atoms in total. The van der Waals surface area contributed by atoms with Crippen LogP contribution < -0.4 is 0 Å². The molecule has 0 heterocycles. The Hall–Kier alpha value is -1.58. The first-order valence-corrected chi connectivity index (χ1v) is 6.79. The predicted molar refractivity (Wildman–Crippen MR) is 74.9 cm³/mol. The highest BCUT2D eigenvalue weighted by Gasteiger charge is 2.11. The molecule has 0 aliphatic heterocycles. The number of carbonyl (C=O) groups excluding carboxylic acids is 1. The Morgan fingerprint density at radius 2 is 1.84 bits per heavy atom. The van der Waals surface area contributed by atoms with Crippen LogP contribution in [0.1, 0.15) is 51.9 Å². The van der Waals surface area contributed by atoms with Gasteiger partial charge in [0.05, 0.1) is 6.42 Å². The van der Waals surface area contributed by atoms with E-state index in [1.54, 1.807) is 6.08 Å². The van der Waals surface area contributed by atoms with E-state index in [4.69, 9.17) is 9.84 Å². The molecule has 0 amide bonds. The molecule has 108 valence electrons. The Morgan fingerprint density at radius 1 is 1.16 bits per heavy atom. The second-order valence-electron chi connectivity index (χ2n) is 4.45. The Labute approximate surface area is 115 Å². The normalized spacial score (nSPS) is 10.6. The first kappa shape index (κ1) is 17.4. The molecule has 1 N–H and O–H groups in total. The minimum atomic E-state index is -1.08. The van der Waals surface area contributed by atoms with Crippen LogP contribution in [0.25, 0.3) is 0 Å². The summed E-state index contributed by atoms with van der Waals surface area (Å²) < 4.78 is 4.86. The van der Waals surface area contributed by atoms with Gasteiger partial charge in [-0.15, -0.1) is 0 Å². The second-order valence-corrected chi connectivity index (χ2v) is 4.45. The van der Waals surface area contributed by atoms with Gasteiger partial charge in [0.25, 0.3) is 0 Å². The first-order chi connectivity index (χ1) is 9.07. The lowest BCUT2D eigenvalue weighted by Crippen LogP contribution is -2.10. The fraction of sp³-hybridized carbons (Fsp3) is 0.600. The zero-order chi connectivity index (χ0) is 14.5. The van der Waals surface area contributed by atoms with Crippen LogP contribution in [0.5, 0.6) is 0 Å². The van der Waals surface area contributed by atoms with Crippen LogP contribution in [-0.4, -0.2) is 23.7 Å². The zero-order valence-electron chi connectivity index (χ0n) is 11.7. The molecule has 0 aliphatic carbocycles. The van der Waals surface area contributed by atoms with Crippen LogP contribution in [0.15, 0.2) is 24.3 Å². The molecular formula is C15H24O4. The molecule has 0 saturated heterocycles. The van der Waals surface area contributed by atoms with Crippen molar-refractivity contribution in [1.29, 1.82) is 0 Å². The van der Waals surface area contributed by atoms with Gasteiger partial charge in [-0.2, -0.15) is 0 Å².